The van der Waals surface area contributed by atoms with Crippen LogP contribution in [0.1, 0.15) is 47.8 Å². The highest BCUT2D eigenvalue weighted by atomic mass is 19.4. The summed E-state index contributed by atoms with van der Waals surface area (Å²) in [6.07, 6.45) is -0.0881. The fraction of sp³-hybridized carbons (Fsp3) is 0.522. The SMILES string of the molecule is C[C@@H]1CCCCN1c1cc(C(F)(F)F)ccc1CN1CCN(C(=O)n2ccc(C(=O)O)n2)CC1. The zero-order chi connectivity index (χ0) is 24.5. The summed E-state index contributed by atoms with van der Waals surface area (Å²) >= 11 is 0. The summed E-state index contributed by atoms with van der Waals surface area (Å²) in [5, 5.41) is 12.8. The van der Waals surface area contributed by atoms with Gasteiger partial charge in [-0.3, -0.25) is 4.90 Å². The van der Waals surface area contributed by atoms with Crippen LogP contribution in [0.25, 0.3) is 0 Å². The Morgan fingerprint density at radius 2 is 1.82 bits per heavy atom. The zero-order valence-corrected chi connectivity index (χ0v) is 19.0. The van der Waals surface area contributed by atoms with Crippen molar-refractivity contribution in [3.63, 3.8) is 0 Å². The first-order valence-electron chi connectivity index (χ1n) is 11.4. The molecule has 0 unspecified atom stereocenters. The van der Waals surface area contributed by atoms with E-state index in [-0.39, 0.29) is 11.7 Å². The van der Waals surface area contributed by atoms with E-state index in [1.807, 2.05) is 0 Å². The molecular formula is C23H28F3N5O3. The summed E-state index contributed by atoms with van der Waals surface area (Å²) in [4.78, 5) is 29.4. The van der Waals surface area contributed by atoms with E-state index >= 15 is 0 Å². The number of amides is 1. The van der Waals surface area contributed by atoms with E-state index in [0.29, 0.717) is 38.4 Å². The van der Waals surface area contributed by atoms with Gasteiger partial charge in [0, 0.05) is 57.2 Å². The van der Waals surface area contributed by atoms with E-state index in [1.165, 1.54) is 18.3 Å². The molecule has 0 spiro atoms. The number of alkyl halides is 3. The number of benzene rings is 1. The summed E-state index contributed by atoms with van der Waals surface area (Å²) in [6.45, 7) is 5.21. The number of anilines is 1. The van der Waals surface area contributed by atoms with Crippen LogP contribution in [0.15, 0.2) is 30.5 Å². The van der Waals surface area contributed by atoms with Gasteiger partial charge in [0.2, 0.25) is 0 Å². The maximum atomic E-state index is 13.4. The van der Waals surface area contributed by atoms with Crippen molar-refractivity contribution >= 4 is 17.7 Å². The predicted molar refractivity (Wildman–Crippen MR) is 119 cm³/mol. The first-order valence-corrected chi connectivity index (χ1v) is 11.4. The highest BCUT2D eigenvalue weighted by Crippen LogP contribution is 2.36. The Kier molecular flexibility index (Phi) is 6.83. The molecule has 1 aromatic carbocycles. The van der Waals surface area contributed by atoms with Crippen LogP contribution in [-0.2, 0) is 12.7 Å². The number of aromatic carboxylic acids is 1. The molecule has 2 aromatic rings. The third-order valence-corrected chi connectivity index (χ3v) is 6.57. The number of carbonyl (C=O) groups is 2. The minimum Gasteiger partial charge on any atom is -0.476 e. The van der Waals surface area contributed by atoms with E-state index in [0.717, 1.165) is 42.1 Å². The van der Waals surface area contributed by atoms with Crippen molar-refractivity contribution in [2.75, 3.05) is 37.6 Å². The number of carboxylic acids is 1. The molecule has 2 aliphatic heterocycles. The van der Waals surface area contributed by atoms with E-state index in [9.17, 15) is 22.8 Å². The normalized spacial score (nSPS) is 19.9. The molecule has 1 atom stereocenters. The molecular weight excluding hydrogens is 451 g/mol. The van der Waals surface area contributed by atoms with E-state index in [4.69, 9.17) is 5.11 Å². The van der Waals surface area contributed by atoms with Gasteiger partial charge < -0.3 is 14.9 Å². The fourth-order valence-corrected chi connectivity index (χ4v) is 4.62. The van der Waals surface area contributed by atoms with Gasteiger partial charge in [-0.25, -0.2) is 9.59 Å². The maximum Gasteiger partial charge on any atom is 0.416 e. The van der Waals surface area contributed by atoms with Crippen LogP contribution in [-0.4, -0.2) is 75.5 Å². The van der Waals surface area contributed by atoms with Gasteiger partial charge in [0.15, 0.2) is 5.69 Å². The number of hydrogen-bond acceptors (Lipinski definition) is 5. The number of carbonyl (C=O) groups excluding carboxylic acids is 1. The number of halogens is 3. The Morgan fingerprint density at radius 3 is 2.44 bits per heavy atom. The largest absolute Gasteiger partial charge is 0.476 e. The van der Waals surface area contributed by atoms with Crippen molar-refractivity contribution in [2.45, 2.75) is 44.9 Å². The van der Waals surface area contributed by atoms with Crippen molar-refractivity contribution in [1.29, 1.82) is 0 Å². The Hall–Kier alpha value is -3.08. The van der Waals surface area contributed by atoms with Gasteiger partial charge >= 0.3 is 18.2 Å². The van der Waals surface area contributed by atoms with Crippen molar-refractivity contribution in [1.82, 2.24) is 19.6 Å². The highest BCUT2D eigenvalue weighted by Gasteiger charge is 2.33. The minimum atomic E-state index is -4.40. The van der Waals surface area contributed by atoms with Crippen molar-refractivity contribution in [3.8, 4) is 0 Å². The van der Waals surface area contributed by atoms with Crippen LogP contribution in [0.5, 0.6) is 0 Å². The van der Waals surface area contributed by atoms with Crippen molar-refractivity contribution < 1.29 is 27.9 Å². The summed E-state index contributed by atoms with van der Waals surface area (Å²) in [6, 6.07) is 5.04. The molecule has 184 valence electrons. The second kappa shape index (κ2) is 9.65. The van der Waals surface area contributed by atoms with Gasteiger partial charge in [0.25, 0.3) is 0 Å². The molecule has 0 radical (unpaired) electrons. The molecule has 4 rings (SSSR count). The third kappa shape index (κ3) is 5.19. The average Bonchev–Trinajstić information content (AvgIpc) is 3.30. The number of hydrogen-bond donors (Lipinski definition) is 1. The third-order valence-electron chi connectivity index (χ3n) is 6.57. The second-order valence-electron chi connectivity index (χ2n) is 8.88. The van der Waals surface area contributed by atoms with Gasteiger partial charge in [-0.05, 0) is 49.9 Å². The lowest BCUT2D eigenvalue weighted by atomic mass is 9.99. The highest BCUT2D eigenvalue weighted by molar-refractivity contribution is 5.86. The lowest BCUT2D eigenvalue weighted by Crippen LogP contribution is -2.49. The number of carboxylic acid groups (broad SMARTS) is 1. The quantitative estimate of drug-likeness (QED) is 0.719. The lowest BCUT2D eigenvalue weighted by Gasteiger charge is -2.39. The standard InChI is InChI=1S/C23H28F3N5O3/c1-16-4-2-3-8-30(16)20-14-18(23(24,25)26)6-5-17(20)15-28-10-12-29(13-11-28)22(34)31-9-7-19(27-31)21(32)33/h5-7,9,14,16H,2-4,8,10-13,15H2,1H3,(H,32,33)/t16-/m1/s1. The Balaban J connectivity index is 1.45. The van der Waals surface area contributed by atoms with Crippen molar-refractivity contribution in [3.05, 3.63) is 47.3 Å². The molecule has 0 saturated carbocycles. The van der Waals surface area contributed by atoms with E-state index in [1.54, 1.807) is 11.0 Å². The van der Waals surface area contributed by atoms with Crippen molar-refractivity contribution in [2.24, 2.45) is 0 Å². The molecule has 1 aromatic heterocycles. The van der Waals surface area contributed by atoms with E-state index < -0.39 is 23.7 Å². The van der Waals surface area contributed by atoms with Gasteiger partial charge in [0.1, 0.15) is 0 Å². The van der Waals surface area contributed by atoms with Crippen LogP contribution in [0.4, 0.5) is 23.7 Å². The monoisotopic (exact) mass is 479 g/mol. The summed E-state index contributed by atoms with van der Waals surface area (Å²) in [7, 11) is 0. The maximum absolute atomic E-state index is 13.4. The van der Waals surface area contributed by atoms with Crippen LogP contribution in [0.3, 0.4) is 0 Å². The molecule has 2 aliphatic rings. The predicted octanol–water partition coefficient (Wildman–Crippen LogP) is 3.76. The lowest BCUT2D eigenvalue weighted by molar-refractivity contribution is -0.137. The van der Waals surface area contributed by atoms with Gasteiger partial charge in [0.05, 0.1) is 5.56 Å². The number of rotatable bonds is 4. The van der Waals surface area contributed by atoms with Crippen LogP contribution in [0, 0.1) is 0 Å². The molecule has 2 saturated heterocycles. The average molecular weight is 480 g/mol. The molecule has 11 heteroatoms. The first kappa shape index (κ1) is 24.1. The summed E-state index contributed by atoms with van der Waals surface area (Å²) in [5.41, 5.74) is 0.645. The van der Waals surface area contributed by atoms with Gasteiger partial charge in [-0.2, -0.15) is 23.0 Å². The molecule has 34 heavy (non-hydrogen) atoms. The van der Waals surface area contributed by atoms with Gasteiger partial charge in [-0.15, -0.1) is 0 Å². The Bertz CT molecular complexity index is 1050. The molecule has 1 N–H and O–H groups in total. The van der Waals surface area contributed by atoms with Crippen LogP contribution in [0.2, 0.25) is 0 Å². The smallest absolute Gasteiger partial charge is 0.416 e. The summed E-state index contributed by atoms with van der Waals surface area (Å²) in [5.74, 6) is -1.20. The number of nitrogens with zero attached hydrogens (tertiary/aromatic N) is 5. The topological polar surface area (TPSA) is 81.9 Å². The second-order valence-corrected chi connectivity index (χ2v) is 8.88. The first-order chi connectivity index (χ1) is 16.1. The number of piperidine rings is 1. The molecule has 1 amide bonds. The van der Waals surface area contributed by atoms with Crippen LogP contribution >= 0.6 is 0 Å². The fourth-order valence-electron chi connectivity index (χ4n) is 4.62. The Morgan fingerprint density at radius 1 is 1.09 bits per heavy atom. The van der Waals surface area contributed by atoms with E-state index in [2.05, 4.69) is 21.8 Å². The molecule has 3 heterocycles. The zero-order valence-electron chi connectivity index (χ0n) is 19.0. The summed E-state index contributed by atoms with van der Waals surface area (Å²) < 4.78 is 41.3. The number of piperazine rings is 1. The molecule has 0 bridgehead atoms. The van der Waals surface area contributed by atoms with Crippen LogP contribution < -0.4 is 4.90 Å². The number of aromatic nitrogens is 2. The molecule has 2 fully saturated rings. The van der Waals surface area contributed by atoms with Gasteiger partial charge in [-0.1, -0.05) is 6.07 Å². The minimum absolute atomic E-state index is 0.176. The Labute approximate surface area is 195 Å². The molecule has 0 aliphatic carbocycles. The molecule has 8 nitrogen and oxygen atoms in total.